The van der Waals surface area contributed by atoms with Crippen LogP contribution in [-0.2, 0) is 17.7 Å². The number of hydrogen-bond donors (Lipinski definition) is 1. The quantitative estimate of drug-likeness (QED) is 0.831. The standard InChI is InChI=1S/C22H29FN4O2/c1-22(2)11-18(24-13-15-4-5-20(28-3)17(23)10-15)16-14-25-21(26-19(16)12-22)27-6-8-29-9-7-27/h4-5,10,14,18,24H,6-9,11-13H2,1-3H3/t18-/m1/s1. The first-order valence-corrected chi connectivity index (χ1v) is 10.2. The average molecular weight is 400 g/mol. The number of halogens is 1. The number of nitrogens with one attached hydrogen (secondary N) is 1. The maximum Gasteiger partial charge on any atom is 0.225 e. The van der Waals surface area contributed by atoms with Crippen LogP contribution in [0.5, 0.6) is 5.75 Å². The van der Waals surface area contributed by atoms with Crippen molar-refractivity contribution >= 4 is 5.95 Å². The highest BCUT2D eigenvalue weighted by Gasteiger charge is 2.34. The number of benzene rings is 1. The van der Waals surface area contributed by atoms with Crippen LogP contribution in [0.2, 0.25) is 0 Å². The topological polar surface area (TPSA) is 59.5 Å². The van der Waals surface area contributed by atoms with Crippen LogP contribution >= 0.6 is 0 Å². The van der Waals surface area contributed by atoms with Gasteiger partial charge in [0.05, 0.1) is 26.0 Å². The molecule has 0 amide bonds. The number of hydrogen-bond acceptors (Lipinski definition) is 6. The highest BCUT2D eigenvalue weighted by molar-refractivity contribution is 5.37. The van der Waals surface area contributed by atoms with Crippen molar-refractivity contribution in [1.29, 1.82) is 0 Å². The van der Waals surface area contributed by atoms with Crippen molar-refractivity contribution in [2.24, 2.45) is 5.41 Å². The number of morpholine rings is 1. The molecule has 0 bridgehead atoms. The first kappa shape index (κ1) is 20.0. The maximum atomic E-state index is 14.0. The van der Waals surface area contributed by atoms with E-state index in [2.05, 4.69) is 29.0 Å². The van der Waals surface area contributed by atoms with Gasteiger partial charge in [0.15, 0.2) is 11.6 Å². The molecule has 1 aromatic heterocycles. The van der Waals surface area contributed by atoms with Crippen molar-refractivity contribution in [1.82, 2.24) is 15.3 Å². The van der Waals surface area contributed by atoms with Crippen LogP contribution in [0, 0.1) is 11.2 Å². The molecule has 1 aromatic carbocycles. The summed E-state index contributed by atoms with van der Waals surface area (Å²) in [4.78, 5) is 11.8. The minimum atomic E-state index is -0.338. The Bertz CT molecular complexity index is 868. The molecule has 2 heterocycles. The molecule has 0 saturated carbocycles. The molecule has 1 atom stereocenters. The fourth-order valence-corrected chi connectivity index (χ4v) is 4.20. The monoisotopic (exact) mass is 400 g/mol. The maximum absolute atomic E-state index is 14.0. The molecule has 4 rings (SSSR count). The molecule has 1 aliphatic carbocycles. The Kier molecular flexibility index (Phi) is 5.69. The van der Waals surface area contributed by atoms with Crippen LogP contribution in [0.1, 0.15) is 43.1 Å². The van der Waals surface area contributed by atoms with Crippen molar-refractivity contribution in [2.75, 3.05) is 38.3 Å². The van der Waals surface area contributed by atoms with Gasteiger partial charge in [0.2, 0.25) is 5.95 Å². The van der Waals surface area contributed by atoms with E-state index in [9.17, 15) is 4.39 Å². The lowest BCUT2D eigenvalue weighted by Crippen LogP contribution is -2.39. The van der Waals surface area contributed by atoms with Gasteiger partial charge in [0.1, 0.15) is 0 Å². The van der Waals surface area contributed by atoms with E-state index >= 15 is 0 Å². The van der Waals surface area contributed by atoms with Gasteiger partial charge in [0.25, 0.3) is 0 Å². The second-order valence-corrected chi connectivity index (χ2v) is 8.62. The summed E-state index contributed by atoms with van der Waals surface area (Å²) in [6.07, 6.45) is 3.88. The lowest BCUT2D eigenvalue weighted by molar-refractivity contribution is 0.122. The summed E-state index contributed by atoms with van der Waals surface area (Å²) in [5.74, 6) is 0.720. The van der Waals surface area contributed by atoms with Gasteiger partial charge in [-0.2, -0.15) is 0 Å². The summed E-state index contributed by atoms with van der Waals surface area (Å²) in [5, 5.41) is 3.59. The fraction of sp³-hybridized carbons (Fsp3) is 0.545. The fourth-order valence-electron chi connectivity index (χ4n) is 4.20. The third-order valence-electron chi connectivity index (χ3n) is 5.73. The zero-order valence-electron chi connectivity index (χ0n) is 17.4. The van der Waals surface area contributed by atoms with E-state index in [0.717, 1.165) is 48.7 Å². The van der Waals surface area contributed by atoms with E-state index in [1.54, 1.807) is 6.07 Å². The van der Waals surface area contributed by atoms with Crippen molar-refractivity contribution in [3.8, 4) is 5.75 Å². The Morgan fingerprint density at radius 2 is 2.10 bits per heavy atom. The normalized spacial score (nSPS) is 21.0. The molecule has 29 heavy (non-hydrogen) atoms. The molecule has 1 saturated heterocycles. The van der Waals surface area contributed by atoms with Crippen molar-refractivity contribution in [2.45, 2.75) is 39.3 Å². The molecule has 0 unspecified atom stereocenters. The summed E-state index contributed by atoms with van der Waals surface area (Å²) in [5.41, 5.74) is 3.28. The highest BCUT2D eigenvalue weighted by Crippen LogP contribution is 2.40. The van der Waals surface area contributed by atoms with Gasteiger partial charge >= 0.3 is 0 Å². The number of methoxy groups -OCH3 is 1. The first-order valence-electron chi connectivity index (χ1n) is 10.2. The molecule has 6 nitrogen and oxygen atoms in total. The molecule has 1 N–H and O–H groups in total. The second-order valence-electron chi connectivity index (χ2n) is 8.62. The minimum Gasteiger partial charge on any atom is -0.494 e. The molecule has 156 valence electrons. The largest absolute Gasteiger partial charge is 0.494 e. The van der Waals surface area contributed by atoms with E-state index < -0.39 is 0 Å². The first-order chi connectivity index (χ1) is 13.9. The van der Waals surface area contributed by atoms with Gasteiger partial charge in [-0.25, -0.2) is 14.4 Å². The van der Waals surface area contributed by atoms with Crippen LogP contribution < -0.4 is 15.0 Å². The van der Waals surface area contributed by atoms with E-state index in [-0.39, 0.29) is 23.0 Å². The summed E-state index contributed by atoms with van der Waals surface area (Å²) in [7, 11) is 1.47. The Labute approximate surface area is 171 Å². The van der Waals surface area contributed by atoms with Crippen LogP contribution in [0.15, 0.2) is 24.4 Å². The van der Waals surface area contributed by atoms with Crippen LogP contribution in [0.3, 0.4) is 0 Å². The Hall–Kier alpha value is -2.25. The number of fused-ring (bicyclic) bond motifs is 1. The average Bonchev–Trinajstić information content (AvgIpc) is 2.71. The third kappa shape index (κ3) is 4.51. The van der Waals surface area contributed by atoms with Gasteiger partial charge in [-0.05, 0) is 36.0 Å². The third-order valence-corrected chi connectivity index (χ3v) is 5.73. The van der Waals surface area contributed by atoms with Crippen molar-refractivity contribution in [3.63, 3.8) is 0 Å². The number of ether oxygens (including phenoxy) is 2. The molecular weight excluding hydrogens is 371 g/mol. The van der Waals surface area contributed by atoms with Crippen molar-refractivity contribution in [3.05, 3.63) is 47.0 Å². The second kappa shape index (κ2) is 8.24. The van der Waals surface area contributed by atoms with E-state index in [4.69, 9.17) is 14.5 Å². The Balaban J connectivity index is 1.53. The summed E-state index contributed by atoms with van der Waals surface area (Å²) < 4.78 is 24.5. The van der Waals surface area contributed by atoms with Gasteiger partial charge in [-0.15, -0.1) is 0 Å². The van der Waals surface area contributed by atoms with Gasteiger partial charge < -0.3 is 19.7 Å². The molecule has 2 aromatic rings. The van der Waals surface area contributed by atoms with E-state index in [1.165, 1.54) is 13.2 Å². The minimum absolute atomic E-state index is 0.131. The molecule has 7 heteroatoms. The van der Waals surface area contributed by atoms with E-state index in [1.807, 2.05) is 12.3 Å². The number of anilines is 1. The molecule has 2 aliphatic rings. The van der Waals surface area contributed by atoms with Crippen LogP contribution in [-0.4, -0.2) is 43.4 Å². The van der Waals surface area contributed by atoms with Gasteiger partial charge in [0, 0.05) is 37.4 Å². The van der Waals surface area contributed by atoms with Crippen LogP contribution in [0.25, 0.3) is 0 Å². The van der Waals surface area contributed by atoms with Crippen LogP contribution in [0.4, 0.5) is 10.3 Å². The number of aromatic nitrogens is 2. The molecule has 1 aliphatic heterocycles. The predicted octanol–water partition coefficient (Wildman–Crippen LogP) is 3.26. The molecule has 0 radical (unpaired) electrons. The molecule has 0 spiro atoms. The summed E-state index contributed by atoms with van der Waals surface area (Å²) >= 11 is 0. The zero-order valence-corrected chi connectivity index (χ0v) is 17.4. The highest BCUT2D eigenvalue weighted by atomic mass is 19.1. The summed E-state index contributed by atoms with van der Waals surface area (Å²) in [6, 6.07) is 5.22. The lowest BCUT2D eigenvalue weighted by atomic mass is 9.74. The predicted molar refractivity (Wildman–Crippen MR) is 110 cm³/mol. The molecular formula is C22H29FN4O2. The van der Waals surface area contributed by atoms with Crippen molar-refractivity contribution < 1.29 is 13.9 Å². The molecule has 1 fully saturated rings. The lowest BCUT2D eigenvalue weighted by Gasteiger charge is -2.37. The smallest absolute Gasteiger partial charge is 0.225 e. The SMILES string of the molecule is COc1ccc(CN[C@@H]2CC(C)(C)Cc3nc(N4CCOCC4)ncc32)cc1F. The zero-order chi connectivity index (χ0) is 20.4. The van der Waals surface area contributed by atoms with Gasteiger partial charge in [-0.1, -0.05) is 19.9 Å². The summed E-state index contributed by atoms with van der Waals surface area (Å²) in [6.45, 7) is 8.21. The number of nitrogens with zero attached hydrogens (tertiary/aromatic N) is 3. The van der Waals surface area contributed by atoms with Gasteiger partial charge in [-0.3, -0.25) is 0 Å². The Morgan fingerprint density at radius 1 is 1.31 bits per heavy atom. The Morgan fingerprint density at radius 3 is 2.83 bits per heavy atom. The van der Waals surface area contributed by atoms with E-state index in [0.29, 0.717) is 19.8 Å². The number of rotatable bonds is 5.